The van der Waals surface area contributed by atoms with Crippen molar-refractivity contribution in [3.05, 3.63) is 65.7 Å². The summed E-state index contributed by atoms with van der Waals surface area (Å²) in [5.74, 6) is 0.109. The molecule has 2 aromatic rings. The number of hydrogen-bond donors (Lipinski definition) is 3. The third-order valence-corrected chi connectivity index (χ3v) is 4.69. The zero-order chi connectivity index (χ0) is 19.4. The number of amides is 3. The molecule has 1 saturated heterocycles. The standard InChI is InChI=1S/C21H26N4O2/c1-14(2)23-21(27)24-17-10-8-16(9-11-17)20(26)25-12-18(19(22)13-25)15-6-4-3-5-7-15/h3-11,14,18-19H,12-13,22H2,1-2H3,(H2,23,24,27)/t18-,19+/m0/s1. The summed E-state index contributed by atoms with van der Waals surface area (Å²) in [4.78, 5) is 26.4. The highest BCUT2D eigenvalue weighted by Crippen LogP contribution is 2.27. The Morgan fingerprint density at radius 3 is 2.33 bits per heavy atom. The maximum absolute atomic E-state index is 12.8. The van der Waals surface area contributed by atoms with Crippen LogP contribution in [0.25, 0.3) is 0 Å². The van der Waals surface area contributed by atoms with Crippen molar-refractivity contribution in [1.82, 2.24) is 10.2 Å². The molecule has 0 aromatic heterocycles. The van der Waals surface area contributed by atoms with Gasteiger partial charge in [0.05, 0.1) is 0 Å². The third kappa shape index (κ3) is 4.65. The lowest BCUT2D eigenvalue weighted by atomic mass is 9.95. The Balaban J connectivity index is 1.63. The van der Waals surface area contributed by atoms with Crippen LogP contribution in [0.2, 0.25) is 0 Å². The summed E-state index contributed by atoms with van der Waals surface area (Å²) >= 11 is 0. The lowest BCUT2D eigenvalue weighted by molar-refractivity contribution is 0.0789. The Morgan fingerprint density at radius 1 is 1.04 bits per heavy atom. The molecule has 4 N–H and O–H groups in total. The number of anilines is 1. The van der Waals surface area contributed by atoms with E-state index >= 15 is 0 Å². The number of hydrogen-bond acceptors (Lipinski definition) is 3. The topological polar surface area (TPSA) is 87.5 Å². The Morgan fingerprint density at radius 2 is 1.70 bits per heavy atom. The van der Waals surface area contributed by atoms with E-state index in [-0.39, 0.29) is 29.9 Å². The van der Waals surface area contributed by atoms with Gasteiger partial charge in [-0.3, -0.25) is 4.79 Å². The Bertz CT molecular complexity index is 790. The second kappa shape index (κ2) is 8.22. The maximum atomic E-state index is 12.8. The van der Waals surface area contributed by atoms with Crippen LogP contribution < -0.4 is 16.4 Å². The van der Waals surface area contributed by atoms with E-state index in [1.165, 1.54) is 0 Å². The van der Waals surface area contributed by atoms with Crippen LogP contribution in [0.1, 0.15) is 35.7 Å². The van der Waals surface area contributed by atoms with Gasteiger partial charge in [-0.25, -0.2) is 4.79 Å². The highest BCUT2D eigenvalue weighted by Gasteiger charge is 2.34. The predicted molar refractivity (Wildman–Crippen MR) is 107 cm³/mol. The molecular formula is C21H26N4O2. The largest absolute Gasteiger partial charge is 0.336 e. The molecule has 0 unspecified atom stereocenters. The molecule has 2 atom stereocenters. The lowest BCUT2D eigenvalue weighted by Crippen LogP contribution is -2.34. The average molecular weight is 366 g/mol. The molecule has 6 heteroatoms. The Labute approximate surface area is 159 Å². The smallest absolute Gasteiger partial charge is 0.319 e. The first-order chi connectivity index (χ1) is 12.9. The zero-order valence-electron chi connectivity index (χ0n) is 15.7. The minimum atomic E-state index is -0.264. The van der Waals surface area contributed by atoms with E-state index in [4.69, 9.17) is 5.73 Å². The van der Waals surface area contributed by atoms with Crippen molar-refractivity contribution in [2.45, 2.75) is 31.8 Å². The van der Waals surface area contributed by atoms with Crippen molar-refractivity contribution in [2.24, 2.45) is 5.73 Å². The quantitative estimate of drug-likeness (QED) is 0.777. The first kappa shape index (κ1) is 18.9. The number of nitrogens with two attached hydrogens (primary N) is 1. The number of nitrogens with one attached hydrogen (secondary N) is 2. The molecule has 0 bridgehead atoms. The van der Waals surface area contributed by atoms with E-state index in [0.717, 1.165) is 5.56 Å². The molecule has 1 heterocycles. The van der Waals surface area contributed by atoms with Gasteiger partial charge in [0.15, 0.2) is 0 Å². The number of nitrogens with zero attached hydrogens (tertiary/aromatic N) is 1. The normalized spacial score (nSPS) is 19.2. The minimum absolute atomic E-state index is 0.0398. The summed E-state index contributed by atoms with van der Waals surface area (Å²) in [5, 5.41) is 5.51. The Kier molecular flexibility index (Phi) is 5.76. The van der Waals surface area contributed by atoms with Gasteiger partial charge in [-0.1, -0.05) is 30.3 Å². The van der Waals surface area contributed by atoms with Gasteiger partial charge < -0.3 is 21.3 Å². The summed E-state index contributed by atoms with van der Waals surface area (Å²) in [7, 11) is 0. The van der Waals surface area contributed by atoms with Crippen LogP contribution in [0.15, 0.2) is 54.6 Å². The van der Waals surface area contributed by atoms with E-state index in [1.807, 2.05) is 32.0 Å². The Hall–Kier alpha value is -2.86. The number of rotatable bonds is 4. The van der Waals surface area contributed by atoms with Crippen LogP contribution >= 0.6 is 0 Å². The molecule has 1 aliphatic rings. The van der Waals surface area contributed by atoms with Gasteiger partial charge in [-0.2, -0.15) is 0 Å². The fraction of sp³-hybridized carbons (Fsp3) is 0.333. The van der Waals surface area contributed by atoms with Crippen molar-refractivity contribution in [3.8, 4) is 0 Å². The molecule has 2 aromatic carbocycles. The summed E-state index contributed by atoms with van der Waals surface area (Å²) in [6.45, 7) is 4.94. The second-order valence-electron chi connectivity index (χ2n) is 7.22. The van der Waals surface area contributed by atoms with Crippen molar-refractivity contribution < 1.29 is 9.59 Å². The van der Waals surface area contributed by atoms with E-state index in [1.54, 1.807) is 29.2 Å². The molecule has 0 aliphatic carbocycles. The molecule has 3 amide bonds. The molecule has 27 heavy (non-hydrogen) atoms. The number of carbonyl (C=O) groups is 2. The molecule has 0 spiro atoms. The molecule has 3 rings (SSSR count). The second-order valence-corrected chi connectivity index (χ2v) is 7.22. The third-order valence-electron chi connectivity index (χ3n) is 4.69. The predicted octanol–water partition coefficient (Wildman–Crippen LogP) is 2.78. The number of likely N-dealkylation sites (tertiary alicyclic amines) is 1. The van der Waals surface area contributed by atoms with E-state index < -0.39 is 0 Å². The van der Waals surface area contributed by atoms with Crippen LogP contribution in [0.4, 0.5) is 10.5 Å². The monoisotopic (exact) mass is 366 g/mol. The fourth-order valence-corrected chi connectivity index (χ4v) is 3.36. The summed E-state index contributed by atoms with van der Waals surface area (Å²) < 4.78 is 0. The SMILES string of the molecule is CC(C)NC(=O)Nc1ccc(C(=O)N2C[C@@H](N)[C@H](c3ccccc3)C2)cc1. The minimum Gasteiger partial charge on any atom is -0.336 e. The van der Waals surface area contributed by atoms with Crippen LogP contribution in [-0.4, -0.2) is 42.0 Å². The molecular weight excluding hydrogens is 340 g/mol. The van der Waals surface area contributed by atoms with Crippen LogP contribution in [-0.2, 0) is 0 Å². The molecule has 6 nitrogen and oxygen atoms in total. The van der Waals surface area contributed by atoms with E-state index in [0.29, 0.717) is 24.3 Å². The zero-order valence-corrected chi connectivity index (χ0v) is 15.7. The van der Waals surface area contributed by atoms with Gasteiger partial charge in [0.2, 0.25) is 0 Å². The van der Waals surface area contributed by atoms with E-state index in [2.05, 4.69) is 22.8 Å². The van der Waals surface area contributed by atoms with Gasteiger partial charge in [0.25, 0.3) is 5.91 Å². The summed E-state index contributed by atoms with van der Waals surface area (Å²) in [5.41, 5.74) is 8.68. The summed E-state index contributed by atoms with van der Waals surface area (Å²) in [6.07, 6.45) is 0. The van der Waals surface area contributed by atoms with Crippen molar-refractivity contribution in [1.29, 1.82) is 0 Å². The molecule has 0 radical (unpaired) electrons. The number of benzene rings is 2. The highest BCUT2D eigenvalue weighted by atomic mass is 16.2. The van der Waals surface area contributed by atoms with E-state index in [9.17, 15) is 9.59 Å². The van der Waals surface area contributed by atoms with Gasteiger partial charge in [0, 0.05) is 42.3 Å². The molecule has 0 saturated carbocycles. The van der Waals surface area contributed by atoms with Crippen molar-refractivity contribution in [3.63, 3.8) is 0 Å². The number of carbonyl (C=O) groups excluding carboxylic acids is 2. The van der Waals surface area contributed by atoms with Gasteiger partial charge >= 0.3 is 6.03 Å². The van der Waals surface area contributed by atoms with Crippen LogP contribution in [0, 0.1) is 0 Å². The molecule has 1 aliphatic heterocycles. The first-order valence-electron chi connectivity index (χ1n) is 9.21. The van der Waals surface area contributed by atoms with Crippen molar-refractivity contribution >= 4 is 17.6 Å². The first-order valence-corrected chi connectivity index (χ1v) is 9.21. The van der Waals surface area contributed by atoms with Crippen LogP contribution in [0.5, 0.6) is 0 Å². The van der Waals surface area contributed by atoms with Crippen LogP contribution in [0.3, 0.4) is 0 Å². The van der Waals surface area contributed by atoms with Gasteiger partial charge in [-0.05, 0) is 43.7 Å². The maximum Gasteiger partial charge on any atom is 0.319 e. The average Bonchev–Trinajstić information content (AvgIpc) is 3.03. The summed E-state index contributed by atoms with van der Waals surface area (Å²) in [6, 6.07) is 16.7. The molecule has 142 valence electrons. The fourth-order valence-electron chi connectivity index (χ4n) is 3.36. The van der Waals surface area contributed by atoms with Gasteiger partial charge in [-0.15, -0.1) is 0 Å². The molecule has 1 fully saturated rings. The number of urea groups is 1. The lowest BCUT2D eigenvalue weighted by Gasteiger charge is -2.17. The van der Waals surface area contributed by atoms with Gasteiger partial charge in [0.1, 0.15) is 0 Å². The highest BCUT2D eigenvalue weighted by molar-refractivity contribution is 5.96. The van der Waals surface area contributed by atoms with Crippen molar-refractivity contribution in [2.75, 3.05) is 18.4 Å².